The van der Waals surface area contributed by atoms with E-state index in [2.05, 4.69) is 20.7 Å². The monoisotopic (exact) mass is 575 g/mol. The third-order valence-electron chi connectivity index (χ3n) is 5.80. The van der Waals surface area contributed by atoms with Crippen LogP contribution in [0.3, 0.4) is 0 Å². The van der Waals surface area contributed by atoms with Crippen LogP contribution in [-0.4, -0.2) is 60.0 Å². The number of anilines is 2. The summed E-state index contributed by atoms with van der Waals surface area (Å²) < 4.78 is 77.6. The summed E-state index contributed by atoms with van der Waals surface area (Å²) >= 11 is 6.27. The Bertz CT molecular complexity index is 1530. The van der Waals surface area contributed by atoms with Gasteiger partial charge in [-0.15, -0.1) is 0 Å². The van der Waals surface area contributed by atoms with Crippen molar-refractivity contribution >= 4 is 50.9 Å². The third kappa shape index (κ3) is 5.07. The molecule has 3 heterocycles. The highest BCUT2D eigenvalue weighted by Gasteiger charge is 2.50. The van der Waals surface area contributed by atoms with Crippen LogP contribution < -0.4 is 15.6 Å². The molecule has 1 aliphatic heterocycles. The second-order valence-electron chi connectivity index (χ2n) is 8.16. The molecule has 3 aromatic rings. The molecule has 204 valence electrons. The number of alkyl halides is 3. The number of fused-ring (bicyclic) bond motifs is 1. The van der Waals surface area contributed by atoms with Gasteiger partial charge in [0.2, 0.25) is 0 Å². The number of amides is 1. The molecule has 0 aliphatic carbocycles. The first-order chi connectivity index (χ1) is 17.9. The van der Waals surface area contributed by atoms with Crippen molar-refractivity contribution in [3.8, 4) is 0 Å². The second-order valence-corrected chi connectivity index (χ2v) is 10.4. The van der Waals surface area contributed by atoms with E-state index in [0.717, 1.165) is 11.1 Å². The average molecular weight is 576 g/mol. The van der Waals surface area contributed by atoms with E-state index in [0.29, 0.717) is 46.1 Å². The summed E-state index contributed by atoms with van der Waals surface area (Å²) in [7, 11) is -3.86. The van der Waals surface area contributed by atoms with Crippen LogP contribution in [0.1, 0.15) is 28.7 Å². The molecule has 1 aromatic carbocycles. The summed E-state index contributed by atoms with van der Waals surface area (Å²) in [5.41, 5.74) is -3.10. The number of carbonyl (C=O) groups excluding carboxylic acids is 1. The maximum absolute atomic E-state index is 14.8. The average Bonchev–Trinajstić information content (AvgIpc) is 3.23. The lowest BCUT2D eigenvalue weighted by Crippen LogP contribution is -2.46. The third-order valence-corrected chi connectivity index (χ3v) is 7.58. The molecule has 2 aromatic heterocycles. The summed E-state index contributed by atoms with van der Waals surface area (Å²) in [6.45, 7) is 0.954. The number of aryl methyl sites for hydroxylation is 1. The lowest BCUT2D eigenvalue weighted by molar-refractivity contribution is -0.0471. The summed E-state index contributed by atoms with van der Waals surface area (Å²) in [5.74, 6) is -1.20. The van der Waals surface area contributed by atoms with Gasteiger partial charge in [-0.2, -0.15) is 26.7 Å². The molecule has 0 unspecified atom stereocenters. The molecule has 1 aliphatic rings. The van der Waals surface area contributed by atoms with Gasteiger partial charge in [0.05, 0.1) is 35.2 Å². The highest BCUT2D eigenvalue weighted by Crippen LogP contribution is 2.29. The number of hydrogen-bond acceptors (Lipinski definition) is 7. The van der Waals surface area contributed by atoms with E-state index in [1.165, 1.54) is 12.1 Å². The van der Waals surface area contributed by atoms with Gasteiger partial charge in [-0.3, -0.25) is 14.2 Å². The van der Waals surface area contributed by atoms with E-state index >= 15 is 0 Å². The molecule has 0 spiro atoms. The molecule has 4 rings (SSSR count). The first-order valence-electron chi connectivity index (χ1n) is 11.2. The van der Waals surface area contributed by atoms with Crippen molar-refractivity contribution in [1.29, 1.82) is 0 Å². The van der Waals surface area contributed by atoms with Crippen molar-refractivity contribution < 1.29 is 30.8 Å². The van der Waals surface area contributed by atoms with Gasteiger partial charge in [0.15, 0.2) is 0 Å². The minimum Gasteiger partial charge on any atom is -0.387 e. The summed E-state index contributed by atoms with van der Waals surface area (Å²) in [4.78, 5) is 17.5. The fourth-order valence-electron chi connectivity index (χ4n) is 3.85. The van der Waals surface area contributed by atoms with Gasteiger partial charge in [0, 0.05) is 25.9 Å². The Morgan fingerprint density at radius 3 is 2.53 bits per heavy atom. The van der Waals surface area contributed by atoms with E-state index in [4.69, 9.17) is 11.6 Å². The molecule has 16 heteroatoms. The molecule has 10 nitrogen and oxygen atoms in total. The normalized spacial score (nSPS) is 14.3. The maximum Gasteiger partial charge on any atom is 0.516 e. The Morgan fingerprint density at radius 2 is 1.95 bits per heavy atom. The van der Waals surface area contributed by atoms with Gasteiger partial charge in [-0.1, -0.05) is 24.6 Å². The minimum atomic E-state index is -5.57. The first-order valence-corrected chi connectivity index (χ1v) is 13.0. The number of carbonyl (C=O) groups is 1. The number of aromatic nitrogens is 2. The molecule has 0 fully saturated rings. The van der Waals surface area contributed by atoms with Crippen LogP contribution >= 0.6 is 11.6 Å². The number of benzene rings is 1. The van der Waals surface area contributed by atoms with Crippen molar-refractivity contribution in [3.05, 3.63) is 58.3 Å². The van der Waals surface area contributed by atoms with E-state index in [1.54, 1.807) is 23.7 Å². The van der Waals surface area contributed by atoms with E-state index < -0.39 is 33.8 Å². The zero-order chi connectivity index (χ0) is 27.8. The highest BCUT2D eigenvalue weighted by molar-refractivity contribution is 7.90. The van der Waals surface area contributed by atoms with Crippen LogP contribution in [0.2, 0.25) is 5.02 Å². The fourth-order valence-corrected chi connectivity index (χ4v) is 4.85. The summed E-state index contributed by atoms with van der Waals surface area (Å²) in [5, 5.41) is 10.8. The van der Waals surface area contributed by atoms with Crippen LogP contribution in [0.15, 0.2) is 35.6 Å². The van der Waals surface area contributed by atoms with Crippen molar-refractivity contribution in [2.75, 3.05) is 30.5 Å². The number of rotatable bonds is 7. The van der Waals surface area contributed by atoms with Crippen molar-refractivity contribution in [1.82, 2.24) is 19.0 Å². The SMILES string of the molecule is CCc1nc2cc(NC)c(Cl)cn2c1C(=O)NCc1ccc(N2CCN(S(=O)(=O)C(F)(F)F)C=N2)c(F)c1. The molecule has 0 saturated heterocycles. The first kappa shape index (κ1) is 27.4. The Balaban J connectivity index is 1.48. The van der Waals surface area contributed by atoms with Crippen LogP contribution in [0.25, 0.3) is 5.65 Å². The number of nitrogens with zero attached hydrogens (tertiary/aromatic N) is 5. The largest absolute Gasteiger partial charge is 0.516 e. The number of hydrogen-bond donors (Lipinski definition) is 2. The molecule has 0 radical (unpaired) electrons. The van der Waals surface area contributed by atoms with E-state index in [-0.39, 0.29) is 23.1 Å². The van der Waals surface area contributed by atoms with Crippen molar-refractivity contribution in [3.63, 3.8) is 0 Å². The van der Waals surface area contributed by atoms with Crippen LogP contribution in [-0.2, 0) is 23.0 Å². The van der Waals surface area contributed by atoms with Gasteiger partial charge in [-0.05, 0) is 24.1 Å². The van der Waals surface area contributed by atoms with Gasteiger partial charge >= 0.3 is 15.5 Å². The highest BCUT2D eigenvalue weighted by atomic mass is 35.5. The quantitative estimate of drug-likeness (QED) is 0.417. The number of hydrazone groups is 1. The molecule has 0 atom stereocenters. The van der Waals surface area contributed by atoms with Crippen LogP contribution in [0, 0.1) is 5.82 Å². The molecule has 38 heavy (non-hydrogen) atoms. The number of nitrogens with one attached hydrogen (secondary N) is 2. The minimum absolute atomic E-state index is 0.0321. The molecule has 1 amide bonds. The lowest BCUT2D eigenvalue weighted by Gasteiger charge is -2.29. The molecular formula is C22H22ClF4N7O3S. The zero-order valence-corrected chi connectivity index (χ0v) is 21.6. The van der Waals surface area contributed by atoms with Gasteiger partial charge in [0.1, 0.15) is 23.5 Å². The predicted molar refractivity (Wildman–Crippen MR) is 134 cm³/mol. The predicted octanol–water partition coefficient (Wildman–Crippen LogP) is 3.58. The Morgan fingerprint density at radius 1 is 1.21 bits per heavy atom. The van der Waals surface area contributed by atoms with Crippen molar-refractivity contribution in [2.24, 2.45) is 5.10 Å². The molecule has 0 saturated carbocycles. The Hall–Kier alpha value is -3.59. The number of halogens is 5. The van der Waals surface area contributed by atoms with Gasteiger partial charge in [0.25, 0.3) is 5.91 Å². The van der Waals surface area contributed by atoms with Gasteiger partial charge in [-0.25, -0.2) is 13.7 Å². The van der Waals surface area contributed by atoms with Crippen LogP contribution in [0.5, 0.6) is 0 Å². The lowest BCUT2D eigenvalue weighted by atomic mass is 10.1. The van der Waals surface area contributed by atoms with E-state index in [9.17, 15) is 30.8 Å². The fraction of sp³-hybridized carbons (Fsp3) is 0.318. The number of pyridine rings is 1. The Labute approximate surface area is 219 Å². The number of imidazole rings is 1. The summed E-state index contributed by atoms with van der Waals surface area (Å²) in [6.07, 6.45) is 2.56. The van der Waals surface area contributed by atoms with E-state index in [1.807, 2.05) is 6.92 Å². The Kier molecular flexibility index (Phi) is 7.43. The van der Waals surface area contributed by atoms with Gasteiger partial charge < -0.3 is 10.6 Å². The maximum atomic E-state index is 14.8. The number of sulfonamides is 1. The molecule has 2 N–H and O–H groups in total. The van der Waals surface area contributed by atoms with Crippen LogP contribution in [0.4, 0.5) is 28.9 Å². The van der Waals surface area contributed by atoms with Crippen molar-refractivity contribution in [2.45, 2.75) is 25.4 Å². The zero-order valence-electron chi connectivity index (χ0n) is 20.1. The second kappa shape index (κ2) is 10.3. The molecule has 0 bridgehead atoms. The standard InChI is InChI=1S/C22H22ClF4N7O3S/c1-3-16-20(33-11-14(23)17(28-2)9-19(33)31-16)21(35)29-10-13-4-5-18(15(24)8-13)34-7-6-32(12-30-34)38(36,37)22(25,26)27/h4-5,8-9,11-12,28H,3,6-7,10H2,1-2H3,(H,29,35). The summed E-state index contributed by atoms with van der Waals surface area (Å²) in [6, 6.07) is 5.72. The smallest absolute Gasteiger partial charge is 0.387 e. The molecular weight excluding hydrogens is 554 g/mol. The topological polar surface area (TPSA) is 111 Å².